The first-order valence-electron chi connectivity index (χ1n) is 7.39. The molecule has 0 unspecified atom stereocenters. The lowest BCUT2D eigenvalue weighted by molar-refractivity contribution is -0.141. The molecule has 0 atom stereocenters. The summed E-state index contributed by atoms with van der Waals surface area (Å²) >= 11 is 0. The minimum absolute atomic E-state index is 0.136. The topological polar surface area (TPSA) is 57.0 Å². The van der Waals surface area contributed by atoms with Gasteiger partial charge in [-0.05, 0) is 44.4 Å². The molecule has 2 rings (SSSR count). The lowest BCUT2D eigenvalue weighted by Gasteiger charge is -2.04. The highest BCUT2D eigenvalue weighted by atomic mass is 16.5. The van der Waals surface area contributed by atoms with E-state index in [1.165, 1.54) is 28.1 Å². The third kappa shape index (κ3) is 4.04. The zero-order valence-corrected chi connectivity index (χ0v) is 13.4. The predicted molar refractivity (Wildman–Crippen MR) is 86.1 cm³/mol. The molecule has 0 radical (unpaired) electrons. The van der Waals surface area contributed by atoms with Crippen LogP contribution in [0.4, 0.5) is 0 Å². The Morgan fingerprint density at radius 3 is 2.82 bits per heavy atom. The first-order valence-corrected chi connectivity index (χ1v) is 7.39. The molecular formula is C17H21N3O2. The molecule has 1 aromatic heterocycles. The summed E-state index contributed by atoms with van der Waals surface area (Å²) in [6.45, 7) is 7.83. The third-order valence-corrected chi connectivity index (χ3v) is 3.21. The van der Waals surface area contributed by atoms with Crippen LogP contribution in [-0.4, -0.2) is 26.8 Å². The SMILES string of the molecule is CCc1ccc(-c2ncn(C=CC(=O)OC(C)C)n2)cc1C. The van der Waals surface area contributed by atoms with Crippen LogP contribution in [0.25, 0.3) is 17.6 Å². The molecule has 22 heavy (non-hydrogen) atoms. The molecule has 5 heteroatoms. The monoisotopic (exact) mass is 299 g/mol. The van der Waals surface area contributed by atoms with E-state index in [-0.39, 0.29) is 6.10 Å². The van der Waals surface area contributed by atoms with Crippen molar-refractivity contribution in [3.05, 3.63) is 41.7 Å². The lowest BCUT2D eigenvalue weighted by Crippen LogP contribution is -2.08. The lowest BCUT2D eigenvalue weighted by atomic mass is 10.0. The van der Waals surface area contributed by atoms with Crippen molar-refractivity contribution in [3.8, 4) is 11.4 Å². The van der Waals surface area contributed by atoms with Gasteiger partial charge >= 0.3 is 5.97 Å². The molecular weight excluding hydrogens is 278 g/mol. The van der Waals surface area contributed by atoms with E-state index in [2.05, 4.69) is 36.1 Å². The van der Waals surface area contributed by atoms with Crippen molar-refractivity contribution < 1.29 is 9.53 Å². The molecule has 0 amide bonds. The first kappa shape index (κ1) is 15.9. The summed E-state index contributed by atoms with van der Waals surface area (Å²) in [6, 6.07) is 6.19. The molecule has 0 N–H and O–H groups in total. The maximum Gasteiger partial charge on any atom is 0.332 e. The summed E-state index contributed by atoms with van der Waals surface area (Å²) in [5.74, 6) is 0.239. The number of esters is 1. The van der Waals surface area contributed by atoms with Gasteiger partial charge in [0.25, 0.3) is 0 Å². The van der Waals surface area contributed by atoms with Crippen LogP contribution in [0.2, 0.25) is 0 Å². The van der Waals surface area contributed by atoms with E-state index in [1.807, 2.05) is 19.9 Å². The van der Waals surface area contributed by atoms with Gasteiger partial charge < -0.3 is 4.74 Å². The number of benzene rings is 1. The van der Waals surface area contributed by atoms with E-state index < -0.39 is 5.97 Å². The third-order valence-electron chi connectivity index (χ3n) is 3.21. The molecule has 116 valence electrons. The molecule has 1 heterocycles. The number of rotatable bonds is 5. The van der Waals surface area contributed by atoms with Gasteiger partial charge in [0, 0.05) is 17.8 Å². The van der Waals surface area contributed by atoms with Crippen LogP contribution in [-0.2, 0) is 16.0 Å². The second-order valence-corrected chi connectivity index (χ2v) is 5.34. The highest BCUT2D eigenvalue weighted by molar-refractivity contribution is 5.85. The summed E-state index contributed by atoms with van der Waals surface area (Å²) in [5, 5.41) is 4.34. The number of nitrogens with zero attached hydrogens (tertiary/aromatic N) is 3. The van der Waals surface area contributed by atoms with Gasteiger partial charge in [-0.25, -0.2) is 14.5 Å². The van der Waals surface area contributed by atoms with Crippen LogP contribution in [0.15, 0.2) is 30.6 Å². The zero-order chi connectivity index (χ0) is 16.1. The summed E-state index contributed by atoms with van der Waals surface area (Å²) in [6.07, 6.45) is 5.31. The van der Waals surface area contributed by atoms with Crippen molar-refractivity contribution in [2.24, 2.45) is 0 Å². The number of carbonyl (C=O) groups is 1. The Hall–Kier alpha value is -2.43. The van der Waals surface area contributed by atoms with Gasteiger partial charge in [0.2, 0.25) is 0 Å². The highest BCUT2D eigenvalue weighted by Crippen LogP contribution is 2.19. The highest BCUT2D eigenvalue weighted by Gasteiger charge is 2.06. The number of aryl methyl sites for hydroxylation is 2. The van der Waals surface area contributed by atoms with Gasteiger partial charge in [0.05, 0.1) is 6.10 Å². The Balaban J connectivity index is 2.13. The fraction of sp³-hybridized carbons (Fsp3) is 0.353. The minimum Gasteiger partial charge on any atom is -0.460 e. The van der Waals surface area contributed by atoms with Crippen molar-refractivity contribution in [2.45, 2.75) is 40.2 Å². The Kier molecular flexibility index (Phi) is 5.09. The number of hydrogen-bond donors (Lipinski definition) is 0. The normalized spacial score (nSPS) is 11.3. The molecule has 0 saturated carbocycles. The number of aromatic nitrogens is 3. The quantitative estimate of drug-likeness (QED) is 0.628. The van der Waals surface area contributed by atoms with E-state index in [1.54, 1.807) is 6.33 Å². The van der Waals surface area contributed by atoms with E-state index in [4.69, 9.17) is 4.74 Å². The standard InChI is InChI=1S/C17H21N3O2/c1-5-14-6-7-15(10-13(14)4)17-18-11-20(19-17)9-8-16(21)22-12(2)3/h6-12H,5H2,1-4H3. The maximum atomic E-state index is 11.4. The number of hydrogen-bond acceptors (Lipinski definition) is 4. The van der Waals surface area contributed by atoms with Crippen LogP contribution in [0.3, 0.4) is 0 Å². The minimum atomic E-state index is -0.393. The summed E-state index contributed by atoms with van der Waals surface area (Å²) < 4.78 is 6.52. The molecule has 1 aromatic carbocycles. The van der Waals surface area contributed by atoms with Crippen molar-refractivity contribution in [3.63, 3.8) is 0 Å². The van der Waals surface area contributed by atoms with E-state index in [0.717, 1.165) is 12.0 Å². The van der Waals surface area contributed by atoms with Gasteiger partial charge in [-0.2, -0.15) is 0 Å². The fourth-order valence-corrected chi connectivity index (χ4v) is 2.12. The van der Waals surface area contributed by atoms with E-state index >= 15 is 0 Å². The van der Waals surface area contributed by atoms with E-state index in [9.17, 15) is 4.79 Å². The molecule has 0 aliphatic heterocycles. The van der Waals surface area contributed by atoms with E-state index in [0.29, 0.717) is 5.82 Å². The first-order chi connectivity index (χ1) is 10.5. The van der Waals surface area contributed by atoms with Gasteiger partial charge in [0.1, 0.15) is 6.33 Å². The Bertz CT molecular complexity index is 687. The van der Waals surface area contributed by atoms with Gasteiger partial charge in [-0.3, -0.25) is 0 Å². The zero-order valence-electron chi connectivity index (χ0n) is 13.4. The molecule has 0 aliphatic carbocycles. The average Bonchev–Trinajstić information content (AvgIpc) is 2.93. The van der Waals surface area contributed by atoms with Crippen LogP contribution in [0, 0.1) is 6.92 Å². The van der Waals surface area contributed by atoms with Crippen molar-refractivity contribution in [1.29, 1.82) is 0 Å². The summed E-state index contributed by atoms with van der Waals surface area (Å²) in [4.78, 5) is 15.7. The summed E-state index contributed by atoms with van der Waals surface area (Å²) in [5.41, 5.74) is 3.51. The van der Waals surface area contributed by atoms with Crippen molar-refractivity contribution in [2.75, 3.05) is 0 Å². The second kappa shape index (κ2) is 7.02. The van der Waals surface area contributed by atoms with Crippen molar-refractivity contribution >= 4 is 12.2 Å². The molecule has 0 fully saturated rings. The maximum absolute atomic E-state index is 11.4. The number of carbonyl (C=O) groups excluding carboxylic acids is 1. The second-order valence-electron chi connectivity index (χ2n) is 5.34. The van der Waals surface area contributed by atoms with Crippen LogP contribution < -0.4 is 0 Å². The Morgan fingerprint density at radius 1 is 1.41 bits per heavy atom. The predicted octanol–water partition coefficient (Wildman–Crippen LogP) is 3.24. The smallest absolute Gasteiger partial charge is 0.332 e. The fourth-order valence-electron chi connectivity index (χ4n) is 2.12. The van der Waals surface area contributed by atoms with Crippen LogP contribution in [0.1, 0.15) is 31.9 Å². The Labute approximate surface area is 130 Å². The van der Waals surface area contributed by atoms with Gasteiger partial charge in [-0.1, -0.05) is 19.1 Å². The average molecular weight is 299 g/mol. The van der Waals surface area contributed by atoms with Gasteiger partial charge in [0.15, 0.2) is 5.82 Å². The summed E-state index contributed by atoms with van der Waals surface area (Å²) in [7, 11) is 0. The molecule has 0 saturated heterocycles. The number of ether oxygens (including phenoxy) is 1. The molecule has 2 aromatic rings. The van der Waals surface area contributed by atoms with Crippen molar-refractivity contribution in [1.82, 2.24) is 14.8 Å². The van der Waals surface area contributed by atoms with Gasteiger partial charge in [-0.15, -0.1) is 5.10 Å². The molecule has 0 bridgehead atoms. The largest absolute Gasteiger partial charge is 0.460 e. The molecule has 0 spiro atoms. The van der Waals surface area contributed by atoms with Crippen LogP contribution in [0.5, 0.6) is 0 Å². The molecule has 0 aliphatic rings. The molecule has 5 nitrogen and oxygen atoms in total. The van der Waals surface area contributed by atoms with Crippen LogP contribution >= 0.6 is 0 Å². The Morgan fingerprint density at radius 2 is 2.18 bits per heavy atom.